The van der Waals surface area contributed by atoms with Gasteiger partial charge in [-0.2, -0.15) is 0 Å². The minimum absolute atomic E-state index is 0. The summed E-state index contributed by atoms with van der Waals surface area (Å²) in [6.45, 7) is -0.523. The van der Waals surface area contributed by atoms with Gasteiger partial charge in [0.1, 0.15) is 30.2 Å². The van der Waals surface area contributed by atoms with Gasteiger partial charge in [-0.15, -0.1) is 0 Å². The maximum atomic E-state index is 10.0. The summed E-state index contributed by atoms with van der Waals surface area (Å²) < 4.78 is 11.6. The summed E-state index contributed by atoms with van der Waals surface area (Å²) in [5.41, 5.74) is 0.720. The van der Waals surface area contributed by atoms with Crippen molar-refractivity contribution >= 4 is 38.4 Å². The molecule has 128 valence electrons. The minimum Gasteiger partial charge on any atom is -1.00 e. The van der Waals surface area contributed by atoms with Gasteiger partial charge in [0.05, 0.1) is 22.5 Å². The van der Waals surface area contributed by atoms with Crippen LogP contribution in [0.5, 0.6) is 5.75 Å². The van der Waals surface area contributed by atoms with Gasteiger partial charge in [0.2, 0.25) is 6.29 Å². The van der Waals surface area contributed by atoms with Gasteiger partial charge >= 0.3 is 29.6 Å². The molecular formula is C14H16BrClNNaO6. The van der Waals surface area contributed by atoms with Crippen molar-refractivity contribution in [1.29, 1.82) is 0 Å². The van der Waals surface area contributed by atoms with Crippen molar-refractivity contribution in [3.8, 4) is 5.75 Å². The SMILES string of the molecule is OC[C@H]1O[C@@H](Oc2c[nH]c3ccc(Br)c(Cl)c23)[C@H](O)[C@@H](O)[C@@H]1O.[H-].[Na+]. The average Bonchev–Trinajstić information content (AvgIpc) is 2.95. The van der Waals surface area contributed by atoms with Gasteiger partial charge in [-0.3, -0.25) is 0 Å². The summed E-state index contributed by atoms with van der Waals surface area (Å²) in [6.07, 6.45) is -5.17. The molecule has 1 fully saturated rings. The Morgan fingerprint density at radius 1 is 1.25 bits per heavy atom. The second-order valence-corrected chi connectivity index (χ2v) is 6.48. The molecule has 1 aliphatic rings. The van der Waals surface area contributed by atoms with Crippen LogP contribution in [0.3, 0.4) is 0 Å². The fourth-order valence-corrected chi connectivity index (χ4v) is 3.10. The van der Waals surface area contributed by atoms with Gasteiger partial charge in [0.25, 0.3) is 0 Å². The molecule has 0 unspecified atom stereocenters. The summed E-state index contributed by atoms with van der Waals surface area (Å²) in [5, 5.41) is 39.8. The molecule has 2 heterocycles. The van der Waals surface area contributed by atoms with Crippen LogP contribution in [-0.4, -0.2) is 62.7 Å². The number of nitrogens with one attached hydrogen (secondary N) is 1. The second kappa shape index (κ2) is 8.22. The van der Waals surface area contributed by atoms with E-state index in [9.17, 15) is 20.4 Å². The predicted octanol–water partition coefficient (Wildman–Crippen LogP) is -2.12. The smallest absolute Gasteiger partial charge is 1.00 e. The first-order valence-electron chi connectivity index (χ1n) is 6.86. The molecule has 10 heteroatoms. The van der Waals surface area contributed by atoms with Gasteiger partial charge in [-0.05, 0) is 28.1 Å². The van der Waals surface area contributed by atoms with E-state index >= 15 is 0 Å². The minimum atomic E-state index is -1.50. The Morgan fingerprint density at radius 3 is 2.62 bits per heavy atom. The number of aromatic nitrogens is 1. The van der Waals surface area contributed by atoms with Crippen molar-refractivity contribution in [2.45, 2.75) is 30.7 Å². The maximum Gasteiger partial charge on any atom is 1.00 e. The first-order chi connectivity index (χ1) is 10.9. The van der Waals surface area contributed by atoms with Crippen LogP contribution in [0.4, 0.5) is 0 Å². The third-order valence-electron chi connectivity index (χ3n) is 3.79. The number of rotatable bonds is 3. The molecule has 2 aromatic rings. The Labute approximate surface area is 174 Å². The molecule has 0 aliphatic carbocycles. The summed E-state index contributed by atoms with van der Waals surface area (Å²) in [6, 6.07) is 3.57. The summed E-state index contributed by atoms with van der Waals surface area (Å²) >= 11 is 9.58. The van der Waals surface area contributed by atoms with Crippen molar-refractivity contribution in [3.63, 3.8) is 0 Å². The fraction of sp³-hybridized carbons (Fsp3) is 0.429. The van der Waals surface area contributed by atoms with Crippen LogP contribution in [0.25, 0.3) is 10.9 Å². The number of ether oxygens (including phenoxy) is 2. The Balaban J connectivity index is 0.00000156. The maximum absolute atomic E-state index is 10.0. The number of hydrogen-bond donors (Lipinski definition) is 5. The second-order valence-electron chi connectivity index (χ2n) is 5.25. The quantitative estimate of drug-likeness (QED) is 0.354. The molecule has 5 N–H and O–H groups in total. The van der Waals surface area contributed by atoms with Crippen LogP contribution < -0.4 is 34.3 Å². The Hall–Kier alpha value is 0.130. The number of hydrogen-bond acceptors (Lipinski definition) is 6. The predicted molar refractivity (Wildman–Crippen MR) is 86.5 cm³/mol. The van der Waals surface area contributed by atoms with E-state index < -0.39 is 37.3 Å². The fourth-order valence-electron chi connectivity index (χ4n) is 2.51. The van der Waals surface area contributed by atoms with E-state index in [1.54, 1.807) is 18.3 Å². The number of H-pyrrole nitrogens is 1. The van der Waals surface area contributed by atoms with Crippen LogP contribution in [0.1, 0.15) is 1.43 Å². The number of aromatic amines is 1. The van der Waals surface area contributed by atoms with E-state index in [2.05, 4.69) is 20.9 Å². The number of aliphatic hydroxyl groups is 4. The third-order valence-corrected chi connectivity index (χ3v) is 5.07. The Bertz CT molecular complexity index is 720. The van der Waals surface area contributed by atoms with E-state index in [1.165, 1.54) is 0 Å². The topological polar surface area (TPSA) is 115 Å². The number of aliphatic hydroxyl groups excluding tert-OH is 4. The molecule has 0 spiro atoms. The standard InChI is InChI=1S/C14H15BrClNO6.Na.H/c15-5-1-2-6-9(10(5)16)7(3-17-6)22-14-13(21)12(20)11(19)8(4-18)23-14;;/h1-3,8,11-14,17-21H,4H2;;/q;+1;-1/t8-,11-,12+,13-,14-;;/m1../s1. The molecule has 5 atom stereocenters. The van der Waals surface area contributed by atoms with E-state index in [-0.39, 0.29) is 31.0 Å². The molecule has 7 nitrogen and oxygen atoms in total. The molecule has 1 aromatic heterocycles. The van der Waals surface area contributed by atoms with E-state index in [4.69, 9.17) is 21.1 Å². The number of halogens is 2. The van der Waals surface area contributed by atoms with Gasteiger partial charge in [-0.1, -0.05) is 11.6 Å². The molecular weight excluding hydrogens is 417 g/mol. The Kier molecular flexibility index (Phi) is 7.00. The van der Waals surface area contributed by atoms with Gasteiger partial charge in [-0.25, -0.2) is 0 Å². The third kappa shape index (κ3) is 3.64. The van der Waals surface area contributed by atoms with E-state index in [0.29, 0.717) is 20.6 Å². The largest absolute Gasteiger partial charge is 1.00 e. The molecule has 0 bridgehead atoms. The molecule has 1 saturated heterocycles. The molecule has 24 heavy (non-hydrogen) atoms. The zero-order valence-corrected chi connectivity index (χ0v) is 17.0. The number of benzene rings is 1. The zero-order chi connectivity index (χ0) is 16.7. The van der Waals surface area contributed by atoms with Gasteiger partial charge in [0, 0.05) is 10.7 Å². The zero-order valence-electron chi connectivity index (χ0n) is 13.7. The number of fused-ring (bicyclic) bond motifs is 1. The molecule has 3 rings (SSSR count). The summed E-state index contributed by atoms with van der Waals surface area (Å²) in [4.78, 5) is 2.98. The van der Waals surface area contributed by atoms with E-state index in [1.807, 2.05) is 0 Å². The molecule has 1 aromatic carbocycles. The van der Waals surface area contributed by atoms with Crippen molar-refractivity contribution < 1.29 is 60.9 Å². The van der Waals surface area contributed by atoms with Crippen LogP contribution in [-0.2, 0) is 4.74 Å². The molecule has 0 radical (unpaired) electrons. The van der Waals surface area contributed by atoms with Crippen molar-refractivity contribution in [3.05, 3.63) is 27.8 Å². The van der Waals surface area contributed by atoms with Crippen LogP contribution in [0.15, 0.2) is 22.8 Å². The normalized spacial score (nSPS) is 30.2. The molecule has 0 saturated carbocycles. The van der Waals surface area contributed by atoms with Gasteiger partial charge in [0.15, 0.2) is 0 Å². The summed E-state index contributed by atoms with van der Waals surface area (Å²) in [5.74, 6) is 0.315. The average molecular weight is 433 g/mol. The monoisotopic (exact) mass is 431 g/mol. The molecule has 1 aliphatic heterocycles. The summed E-state index contributed by atoms with van der Waals surface area (Å²) in [7, 11) is 0. The Morgan fingerprint density at radius 2 is 1.96 bits per heavy atom. The molecule has 0 amide bonds. The van der Waals surface area contributed by atoms with Gasteiger partial charge < -0.3 is 36.3 Å². The van der Waals surface area contributed by atoms with Crippen LogP contribution in [0.2, 0.25) is 5.02 Å². The first-order valence-corrected chi connectivity index (χ1v) is 8.03. The van der Waals surface area contributed by atoms with E-state index in [0.717, 1.165) is 5.52 Å². The first kappa shape index (κ1) is 20.4. The van der Waals surface area contributed by atoms with Crippen LogP contribution in [0, 0.1) is 0 Å². The van der Waals surface area contributed by atoms with Crippen molar-refractivity contribution in [2.75, 3.05) is 6.61 Å². The van der Waals surface area contributed by atoms with Crippen molar-refractivity contribution in [2.24, 2.45) is 0 Å². The van der Waals surface area contributed by atoms with Crippen LogP contribution >= 0.6 is 27.5 Å². The van der Waals surface area contributed by atoms with Crippen molar-refractivity contribution in [1.82, 2.24) is 4.98 Å².